The lowest BCUT2D eigenvalue weighted by Crippen LogP contribution is -2.56. The number of nitrogens with zero attached hydrogens (tertiary/aromatic N) is 2. The topological polar surface area (TPSA) is 62.3 Å². The molecule has 2 aromatic rings. The molecule has 1 N–H and O–H groups in total. The van der Waals surface area contributed by atoms with Crippen molar-refractivity contribution in [2.75, 3.05) is 0 Å². The van der Waals surface area contributed by atoms with E-state index in [0.29, 0.717) is 5.56 Å². The van der Waals surface area contributed by atoms with Gasteiger partial charge in [0, 0.05) is 11.8 Å². The first-order valence-electron chi connectivity index (χ1n) is 7.42. The van der Waals surface area contributed by atoms with Gasteiger partial charge in [-0.15, -0.1) is 0 Å². The van der Waals surface area contributed by atoms with E-state index in [4.69, 9.17) is 0 Å². The molecule has 120 valence electrons. The van der Waals surface area contributed by atoms with Gasteiger partial charge in [0.15, 0.2) is 0 Å². The smallest absolute Gasteiger partial charge is 0.267 e. The lowest BCUT2D eigenvalue weighted by molar-refractivity contribution is 0.0357. The summed E-state index contributed by atoms with van der Waals surface area (Å²) in [6, 6.07) is 12.3. The summed E-state index contributed by atoms with van der Waals surface area (Å²) in [5, 5.41) is 1.34. The van der Waals surface area contributed by atoms with E-state index in [1.165, 1.54) is 11.2 Å². The minimum absolute atomic E-state index is 0.262. The SMILES string of the molecule is Cc1ccc(C(=O)N(NC(=O)c2ccccn2)C(C)(C)C)cc1. The average molecular weight is 311 g/mol. The molecule has 0 bridgehead atoms. The number of rotatable bonds is 2. The van der Waals surface area contributed by atoms with Gasteiger partial charge in [-0.2, -0.15) is 0 Å². The number of hydrogen-bond acceptors (Lipinski definition) is 3. The van der Waals surface area contributed by atoms with E-state index in [0.717, 1.165) is 5.56 Å². The number of nitrogens with one attached hydrogen (secondary N) is 1. The Morgan fingerprint density at radius 2 is 1.70 bits per heavy atom. The zero-order valence-electron chi connectivity index (χ0n) is 13.8. The Kier molecular flexibility index (Phi) is 4.79. The molecule has 2 rings (SSSR count). The monoisotopic (exact) mass is 311 g/mol. The first-order chi connectivity index (χ1) is 10.8. The summed E-state index contributed by atoms with van der Waals surface area (Å²) in [6.45, 7) is 7.53. The fourth-order valence-corrected chi connectivity index (χ4v) is 2.00. The molecule has 0 saturated heterocycles. The van der Waals surface area contributed by atoms with Gasteiger partial charge in [0.1, 0.15) is 5.69 Å². The summed E-state index contributed by atoms with van der Waals surface area (Å²) >= 11 is 0. The predicted octanol–water partition coefficient (Wildman–Crippen LogP) is 2.98. The van der Waals surface area contributed by atoms with Crippen LogP contribution in [0.5, 0.6) is 0 Å². The Labute approximate surface area is 136 Å². The van der Waals surface area contributed by atoms with Gasteiger partial charge in [-0.25, -0.2) is 5.01 Å². The maximum atomic E-state index is 12.8. The second kappa shape index (κ2) is 6.60. The molecule has 1 aromatic carbocycles. The number of aryl methyl sites for hydroxylation is 1. The van der Waals surface area contributed by atoms with Crippen molar-refractivity contribution in [3.05, 3.63) is 65.5 Å². The Bertz CT molecular complexity index is 688. The van der Waals surface area contributed by atoms with E-state index < -0.39 is 11.4 Å². The molecule has 0 saturated carbocycles. The Morgan fingerprint density at radius 1 is 1.04 bits per heavy atom. The van der Waals surface area contributed by atoms with Crippen molar-refractivity contribution in [2.45, 2.75) is 33.2 Å². The number of benzene rings is 1. The van der Waals surface area contributed by atoms with Crippen molar-refractivity contribution in [2.24, 2.45) is 0 Å². The van der Waals surface area contributed by atoms with Gasteiger partial charge < -0.3 is 0 Å². The minimum Gasteiger partial charge on any atom is -0.267 e. The number of amides is 2. The van der Waals surface area contributed by atoms with E-state index in [9.17, 15) is 9.59 Å². The molecule has 0 aliphatic rings. The normalized spacial score (nSPS) is 11.0. The molecule has 0 unspecified atom stereocenters. The molecule has 23 heavy (non-hydrogen) atoms. The molecular weight excluding hydrogens is 290 g/mol. The van der Waals surface area contributed by atoms with Crippen LogP contribution in [0, 0.1) is 6.92 Å². The molecular formula is C18H21N3O2. The van der Waals surface area contributed by atoms with E-state index in [1.54, 1.807) is 30.3 Å². The average Bonchev–Trinajstić information content (AvgIpc) is 2.52. The van der Waals surface area contributed by atoms with Gasteiger partial charge >= 0.3 is 0 Å². The van der Waals surface area contributed by atoms with Crippen LogP contribution in [0.15, 0.2) is 48.7 Å². The van der Waals surface area contributed by atoms with Crippen LogP contribution >= 0.6 is 0 Å². The van der Waals surface area contributed by atoms with E-state index >= 15 is 0 Å². The Morgan fingerprint density at radius 3 is 2.22 bits per heavy atom. The second-order valence-corrected chi connectivity index (χ2v) is 6.33. The third kappa shape index (κ3) is 4.16. The molecule has 5 heteroatoms. The number of hydrogen-bond donors (Lipinski definition) is 1. The third-order valence-electron chi connectivity index (χ3n) is 3.28. The molecule has 0 atom stereocenters. The van der Waals surface area contributed by atoms with Crippen LogP contribution in [0.25, 0.3) is 0 Å². The van der Waals surface area contributed by atoms with Crippen molar-refractivity contribution >= 4 is 11.8 Å². The van der Waals surface area contributed by atoms with E-state index in [2.05, 4.69) is 10.4 Å². The quantitative estimate of drug-likeness (QED) is 0.867. The predicted molar refractivity (Wildman–Crippen MR) is 88.8 cm³/mol. The Balaban J connectivity index is 2.26. The molecule has 1 aromatic heterocycles. The Hall–Kier alpha value is -2.69. The van der Waals surface area contributed by atoms with Crippen LogP contribution in [0.3, 0.4) is 0 Å². The van der Waals surface area contributed by atoms with Gasteiger partial charge in [-0.3, -0.25) is 20.0 Å². The second-order valence-electron chi connectivity index (χ2n) is 6.33. The highest BCUT2D eigenvalue weighted by molar-refractivity contribution is 5.98. The van der Waals surface area contributed by atoms with Gasteiger partial charge in [-0.05, 0) is 52.0 Å². The zero-order valence-corrected chi connectivity index (χ0v) is 13.8. The number of carbonyl (C=O) groups is 2. The first kappa shape index (κ1) is 16.7. The maximum absolute atomic E-state index is 12.8. The number of pyridine rings is 1. The van der Waals surface area contributed by atoms with Gasteiger partial charge in [0.25, 0.3) is 11.8 Å². The van der Waals surface area contributed by atoms with Gasteiger partial charge in [0.05, 0.1) is 5.54 Å². The summed E-state index contributed by atoms with van der Waals surface area (Å²) in [4.78, 5) is 29.1. The van der Waals surface area contributed by atoms with Crippen LogP contribution in [0.4, 0.5) is 0 Å². The van der Waals surface area contributed by atoms with Crippen molar-refractivity contribution in [1.82, 2.24) is 15.4 Å². The largest absolute Gasteiger partial charge is 0.288 e. The molecule has 0 aliphatic heterocycles. The van der Waals surface area contributed by atoms with Gasteiger partial charge in [0.2, 0.25) is 0 Å². The molecule has 1 heterocycles. The molecule has 0 spiro atoms. The number of aromatic nitrogens is 1. The molecule has 2 amide bonds. The highest BCUT2D eigenvalue weighted by atomic mass is 16.2. The standard InChI is InChI=1S/C18H21N3O2/c1-13-8-10-14(11-9-13)17(23)21(18(2,3)4)20-16(22)15-7-5-6-12-19-15/h5-12H,1-4H3,(H,20,22). The zero-order chi connectivity index (χ0) is 17.0. The first-order valence-corrected chi connectivity index (χ1v) is 7.42. The lowest BCUT2D eigenvalue weighted by Gasteiger charge is -2.35. The van der Waals surface area contributed by atoms with Crippen LogP contribution in [0.2, 0.25) is 0 Å². The van der Waals surface area contributed by atoms with E-state index in [1.807, 2.05) is 39.8 Å². The number of hydrazine groups is 1. The molecule has 5 nitrogen and oxygen atoms in total. The van der Waals surface area contributed by atoms with Crippen LogP contribution < -0.4 is 5.43 Å². The molecule has 0 aliphatic carbocycles. The molecule has 0 radical (unpaired) electrons. The summed E-state index contributed by atoms with van der Waals surface area (Å²) in [5.41, 5.74) is 3.94. The lowest BCUT2D eigenvalue weighted by atomic mass is 10.1. The van der Waals surface area contributed by atoms with Crippen molar-refractivity contribution in [1.29, 1.82) is 0 Å². The summed E-state index contributed by atoms with van der Waals surface area (Å²) < 4.78 is 0. The van der Waals surface area contributed by atoms with Crippen LogP contribution in [0.1, 0.15) is 47.2 Å². The fraction of sp³-hybridized carbons (Fsp3) is 0.278. The van der Waals surface area contributed by atoms with Crippen LogP contribution in [-0.4, -0.2) is 27.3 Å². The fourth-order valence-electron chi connectivity index (χ4n) is 2.00. The minimum atomic E-state index is -0.577. The van der Waals surface area contributed by atoms with Crippen LogP contribution in [-0.2, 0) is 0 Å². The highest BCUT2D eigenvalue weighted by Gasteiger charge is 2.29. The molecule has 0 fully saturated rings. The third-order valence-corrected chi connectivity index (χ3v) is 3.28. The highest BCUT2D eigenvalue weighted by Crippen LogP contribution is 2.16. The van der Waals surface area contributed by atoms with Crippen molar-refractivity contribution < 1.29 is 9.59 Å². The summed E-state index contributed by atoms with van der Waals surface area (Å²) in [5.74, 6) is -0.678. The maximum Gasteiger partial charge on any atom is 0.288 e. The summed E-state index contributed by atoms with van der Waals surface area (Å²) in [7, 11) is 0. The van der Waals surface area contributed by atoms with Gasteiger partial charge in [-0.1, -0.05) is 23.8 Å². The van der Waals surface area contributed by atoms with E-state index in [-0.39, 0.29) is 11.6 Å². The summed E-state index contributed by atoms with van der Waals surface area (Å²) in [6.07, 6.45) is 1.54. The van der Waals surface area contributed by atoms with Crippen molar-refractivity contribution in [3.8, 4) is 0 Å². The van der Waals surface area contributed by atoms with Crippen molar-refractivity contribution in [3.63, 3.8) is 0 Å². The number of carbonyl (C=O) groups excluding carboxylic acids is 2.